The molecule has 0 amide bonds. The first-order valence-corrected chi connectivity index (χ1v) is 3.81. The number of hydrogen-bond donors (Lipinski definition) is 0. The molecule has 0 aliphatic rings. The normalized spacial score (nSPS) is 8.38. The molecule has 0 aliphatic carbocycles. The van der Waals surface area contributed by atoms with Crippen molar-refractivity contribution in [3.63, 3.8) is 0 Å². The van der Waals surface area contributed by atoms with E-state index in [9.17, 15) is 4.39 Å². The van der Waals surface area contributed by atoms with Crippen molar-refractivity contribution in [2.24, 2.45) is 0 Å². The van der Waals surface area contributed by atoms with E-state index in [-0.39, 0.29) is 5.82 Å². The van der Waals surface area contributed by atoms with E-state index in [1.165, 1.54) is 12.1 Å². The molecule has 0 heterocycles. The molecular formula is C12H9F. The first kappa shape index (κ1) is 9.28. The van der Waals surface area contributed by atoms with Crippen LogP contribution in [0.15, 0.2) is 49.1 Å². The van der Waals surface area contributed by atoms with Gasteiger partial charge in [0.1, 0.15) is 5.82 Å². The minimum Gasteiger partial charge on any atom is -0.207 e. The van der Waals surface area contributed by atoms with Crippen LogP contribution in [0.3, 0.4) is 0 Å². The number of allylic oxidation sites excluding steroid dienone is 2. The van der Waals surface area contributed by atoms with Gasteiger partial charge in [0.25, 0.3) is 0 Å². The Bertz CT molecular complexity index is 391. The Morgan fingerprint density at radius 2 is 2.23 bits per heavy atom. The molecule has 1 heteroatoms. The molecule has 0 aromatic heterocycles. The summed E-state index contributed by atoms with van der Waals surface area (Å²) in [6.45, 7) is 7.14. The molecule has 1 rings (SSSR count). The van der Waals surface area contributed by atoms with Crippen LogP contribution in [0.1, 0.15) is 5.56 Å². The van der Waals surface area contributed by atoms with Crippen LogP contribution in [0.5, 0.6) is 0 Å². The topological polar surface area (TPSA) is 0 Å². The highest BCUT2D eigenvalue weighted by Crippen LogP contribution is 2.01. The first-order chi connectivity index (χ1) is 6.22. The molecule has 0 spiro atoms. The molecule has 0 atom stereocenters. The van der Waals surface area contributed by atoms with Gasteiger partial charge in [0.2, 0.25) is 0 Å². The number of hydrogen-bond acceptors (Lipinski definition) is 0. The molecule has 0 nitrogen and oxygen atoms in total. The summed E-state index contributed by atoms with van der Waals surface area (Å²) in [6, 6.07) is 6.12. The maximum absolute atomic E-state index is 12.7. The summed E-state index contributed by atoms with van der Waals surface area (Å²) in [7, 11) is 0. The van der Waals surface area contributed by atoms with E-state index in [2.05, 4.69) is 25.0 Å². The molecular weight excluding hydrogens is 163 g/mol. The van der Waals surface area contributed by atoms with Gasteiger partial charge in [-0.25, -0.2) is 4.39 Å². The summed E-state index contributed by atoms with van der Waals surface area (Å²) in [4.78, 5) is 0. The fraction of sp³-hybridized carbons (Fsp3) is 0. The summed E-state index contributed by atoms with van der Waals surface area (Å²) >= 11 is 0. The van der Waals surface area contributed by atoms with E-state index in [4.69, 9.17) is 0 Å². The molecule has 0 N–H and O–H groups in total. The third-order valence-electron chi connectivity index (χ3n) is 1.44. The number of rotatable bonds is 1. The molecule has 0 unspecified atom stereocenters. The first-order valence-electron chi connectivity index (χ1n) is 3.81. The highest BCUT2D eigenvalue weighted by Gasteiger charge is 1.89. The van der Waals surface area contributed by atoms with E-state index in [0.717, 1.165) is 0 Å². The van der Waals surface area contributed by atoms with Crippen LogP contribution in [0, 0.1) is 17.7 Å². The van der Waals surface area contributed by atoms with Crippen LogP contribution in [-0.2, 0) is 0 Å². The van der Waals surface area contributed by atoms with Gasteiger partial charge in [0.15, 0.2) is 0 Å². The Balaban J connectivity index is 2.89. The Kier molecular flexibility index (Phi) is 3.05. The van der Waals surface area contributed by atoms with Crippen LogP contribution in [0.4, 0.5) is 4.39 Å². The van der Waals surface area contributed by atoms with Crippen molar-refractivity contribution in [2.45, 2.75) is 0 Å². The van der Waals surface area contributed by atoms with Crippen molar-refractivity contribution in [1.29, 1.82) is 0 Å². The summed E-state index contributed by atoms with van der Waals surface area (Å²) < 4.78 is 12.7. The van der Waals surface area contributed by atoms with Crippen LogP contribution >= 0.6 is 0 Å². The number of halogens is 1. The molecule has 0 radical (unpaired) electrons. The van der Waals surface area contributed by atoms with Crippen LogP contribution in [0.2, 0.25) is 0 Å². The van der Waals surface area contributed by atoms with Crippen LogP contribution < -0.4 is 0 Å². The van der Waals surface area contributed by atoms with Gasteiger partial charge in [-0.05, 0) is 18.2 Å². The lowest BCUT2D eigenvalue weighted by molar-refractivity contribution is 0.627. The highest BCUT2D eigenvalue weighted by molar-refractivity contribution is 5.43. The SMILES string of the molecule is C=CC(=C)C#Cc1cccc(F)c1. The smallest absolute Gasteiger partial charge is 0.124 e. The molecule has 0 fully saturated rings. The standard InChI is InChI=1S/C12H9F/c1-3-10(2)7-8-11-5-4-6-12(13)9-11/h3-6,9H,1-2H2. The zero-order valence-corrected chi connectivity index (χ0v) is 7.18. The second kappa shape index (κ2) is 4.27. The minimum absolute atomic E-state index is 0.281. The maximum atomic E-state index is 12.7. The second-order valence-corrected chi connectivity index (χ2v) is 2.49. The average Bonchev–Trinajstić information content (AvgIpc) is 2.14. The minimum atomic E-state index is -0.281. The van der Waals surface area contributed by atoms with Crippen molar-refractivity contribution in [2.75, 3.05) is 0 Å². The lowest BCUT2D eigenvalue weighted by Gasteiger charge is -1.89. The quantitative estimate of drug-likeness (QED) is 0.451. The van der Waals surface area contributed by atoms with Gasteiger partial charge in [-0.1, -0.05) is 37.1 Å². The van der Waals surface area contributed by atoms with Gasteiger partial charge < -0.3 is 0 Å². The van der Waals surface area contributed by atoms with Crippen molar-refractivity contribution < 1.29 is 4.39 Å². The molecule has 1 aromatic carbocycles. The molecule has 64 valence electrons. The fourth-order valence-corrected chi connectivity index (χ4v) is 0.770. The van der Waals surface area contributed by atoms with Crippen LogP contribution in [-0.4, -0.2) is 0 Å². The van der Waals surface area contributed by atoms with Crippen molar-refractivity contribution in [1.82, 2.24) is 0 Å². The van der Waals surface area contributed by atoms with Crippen molar-refractivity contribution >= 4 is 0 Å². The third-order valence-corrected chi connectivity index (χ3v) is 1.44. The molecule has 0 saturated heterocycles. The number of benzene rings is 1. The summed E-state index contributed by atoms with van der Waals surface area (Å²) in [5, 5.41) is 0. The Morgan fingerprint density at radius 1 is 1.46 bits per heavy atom. The van der Waals surface area contributed by atoms with Crippen molar-refractivity contribution in [3.8, 4) is 11.8 Å². The molecule has 1 aromatic rings. The summed E-state index contributed by atoms with van der Waals surface area (Å²) in [5.74, 6) is 5.24. The summed E-state index contributed by atoms with van der Waals surface area (Å²) in [5.41, 5.74) is 1.27. The van der Waals surface area contributed by atoms with E-state index in [1.807, 2.05) is 0 Å². The van der Waals surface area contributed by atoms with Gasteiger partial charge in [0, 0.05) is 11.1 Å². The van der Waals surface area contributed by atoms with Gasteiger partial charge in [-0.3, -0.25) is 0 Å². The lowest BCUT2D eigenvalue weighted by Crippen LogP contribution is -1.77. The van der Waals surface area contributed by atoms with E-state index < -0.39 is 0 Å². The Morgan fingerprint density at radius 3 is 2.85 bits per heavy atom. The van der Waals surface area contributed by atoms with Gasteiger partial charge in [-0.15, -0.1) is 0 Å². The van der Waals surface area contributed by atoms with Gasteiger partial charge in [-0.2, -0.15) is 0 Å². The van der Waals surface area contributed by atoms with Crippen molar-refractivity contribution in [3.05, 3.63) is 60.5 Å². The zero-order valence-electron chi connectivity index (χ0n) is 7.18. The Hall–Kier alpha value is -1.81. The van der Waals surface area contributed by atoms with E-state index >= 15 is 0 Å². The highest BCUT2D eigenvalue weighted by atomic mass is 19.1. The maximum Gasteiger partial charge on any atom is 0.124 e. The monoisotopic (exact) mass is 172 g/mol. The fourth-order valence-electron chi connectivity index (χ4n) is 0.770. The molecule has 13 heavy (non-hydrogen) atoms. The Labute approximate surface area is 77.4 Å². The third kappa shape index (κ3) is 2.96. The molecule has 0 bridgehead atoms. The largest absolute Gasteiger partial charge is 0.207 e. The van der Waals surface area contributed by atoms with E-state index in [0.29, 0.717) is 11.1 Å². The predicted molar refractivity (Wildman–Crippen MR) is 52.6 cm³/mol. The van der Waals surface area contributed by atoms with Crippen LogP contribution in [0.25, 0.3) is 0 Å². The summed E-state index contributed by atoms with van der Waals surface area (Å²) in [6.07, 6.45) is 1.56. The predicted octanol–water partition coefficient (Wildman–Crippen LogP) is 2.92. The second-order valence-electron chi connectivity index (χ2n) is 2.49. The molecule has 0 saturated carbocycles. The van der Waals surface area contributed by atoms with Gasteiger partial charge in [0.05, 0.1) is 0 Å². The molecule has 0 aliphatic heterocycles. The van der Waals surface area contributed by atoms with E-state index in [1.54, 1.807) is 18.2 Å². The van der Waals surface area contributed by atoms with Gasteiger partial charge >= 0.3 is 0 Å². The zero-order chi connectivity index (χ0) is 9.68. The average molecular weight is 172 g/mol. The lowest BCUT2D eigenvalue weighted by atomic mass is 10.2.